The molecule has 0 amide bonds. The third-order valence-corrected chi connectivity index (χ3v) is 21.1. The zero-order valence-electron chi connectivity index (χ0n) is 55.7. The van der Waals surface area contributed by atoms with Gasteiger partial charge in [-0.1, -0.05) is 207 Å². The maximum atomic E-state index is 6.60. The highest BCUT2D eigenvalue weighted by atomic mass is 16.6. The summed E-state index contributed by atoms with van der Waals surface area (Å²) in [6.45, 7) is 20.1. The molecular weight excluding hydrogens is 1170 g/mol. The predicted molar refractivity (Wildman–Crippen MR) is 398 cm³/mol. The van der Waals surface area contributed by atoms with Crippen molar-refractivity contribution in [3.05, 3.63) is 276 Å². The fourth-order valence-corrected chi connectivity index (χ4v) is 16.0. The molecule has 0 saturated carbocycles. The highest BCUT2D eigenvalue weighted by molar-refractivity contribution is 7.00. The Kier molecular flexibility index (Phi) is 13.1. The molecule has 4 aliphatic heterocycles. The van der Waals surface area contributed by atoms with E-state index >= 15 is 0 Å². The summed E-state index contributed by atoms with van der Waals surface area (Å²) in [6.07, 6.45) is 3.29. The average molecular weight is 1250 g/mol. The molecule has 0 fully saturated rings. The largest absolute Gasteiger partial charge is 0.486 e. The standard InChI is InChI=1S/C88H74BN3O4/c1-86(2,3)64-28-22-54(23-29-64)58-16-13-17-66(45-58)91-77-47-62(55-24-30-65(31-25-55)87(4,5)6)27-36-75(77)89-76-52-83-84(96-41-40-95-83)53-78(76)92(69-34-37-81-82(51-69)94-39-38-93-81)80-50-70(49-79(91)85(80)89)90(68-33-35-72-71-18-11-12-19-73(71)88(7,8)74(72)48-68)67-32-26-59-42-60(20-21-61(59)46-67)63-43-56-14-9-10-15-57(56)44-63/h9-37,42-43,45-53H,38-41,44H2,1-8H3. The highest BCUT2D eigenvalue weighted by Gasteiger charge is 2.46. The van der Waals surface area contributed by atoms with Gasteiger partial charge in [0.2, 0.25) is 0 Å². The van der Waals surface area contributed by atoms with Crippen molar-refractivity contribution in [2.24, 2.45) is 0 Å². The summed E-state index contributed by atoms with van der Waals surface area (Å²) in [4.78, 5) is 7.53. The molecule has 0 aromatic heterocycles. The monoisotopic (exact) mass is 1250 g/mol. The van der Waals surface area contributed by atoms with Gasteiger partial charge in [0.05, 0.1) is 11.4 Å². The highest BCUT2D eigenvalue weighted by Crippen LogP contribution is 2.55. The Morgan fingerprint density at radius 3 is 1.69 bits per heavy atom. The molecule has 0 saturated heterocycles. The fourth-order valence-electron chi connectivity index (χ4n) is 16.0. The van der Waals surface area contributed by atoms with Crippen LogP contribution in [0.1, 0.15) is 94.3 Å². The van der Waals surface area contributed by atoms with Gasteiger partial charge in [-0.3, -0.25) is 0 Å². The Morgan fingerprint density at radius 1 is 0.396 bits per heavy atom. The molecule has 0 radical (unpaired) electrons. The lowest BCUT2D eigenvalue weighted by atomic mass is 9.33. The number of nitrogens with zero attached hydrogens (tertiary/aromatic N) is 3. The number of anilines is 9. The Labute approximate surface area is 563 Å². The molecule has 468 valence electrons. The minimum absolute atomic E-state index is 0.00456. The maximum absolute atomic E-state index is 6.60. The zero-order chi connectivity index (χ0) is 64.9. The van der Waals surface area contributed by atoms with E-state index in [1.807, 2.05) is 0 Å². The first-order valence-corrected chi connectivity index (χ1v) is 34.0. The van der Waals surface area contributed by atoms with Gasteiger partial charge >= 0.3 is 0 Å². The number of ether oxygens (including phenoxy) is 4. The van der Waals surface area contributed by atoms with Crippen LogP contribution in [-0.2, 0) is 22.7 Å². The first-order valence-electron chi connectivity index (χ1n) is 34.0. The van der Waals surface area contributed by atoms with E-state index in [1.165, 1.54) is 72.0 Å². The third kappa shape index (κ3) is 9.45. The molecule has 7 nitrogen and oxygen atoms in total. The molecule has 8 heteroatoms. The lowest BCUT2D eigenvalue weighted by Gasteiger charge is -2.45. The molecule has 0 bridgehead atoms. The third-order valence-electron chi connectivity index (χ3n) is 21.1. The molecule has 6 aliphatic rings. The Morgan fingerprint density at radius 2 is 0.969 bits per heavy atom. The molecule has 18 rings (SSSR count). The van der Waals surface area contributed by atoms with Crippen molar-refractivity contribution in [3.63, 3.8) is 0 Å². The molecule has 12 aromatic carbocycles. The van der Waals surface area contributed by atoms with E-state index < -0.39 is 0 Å². The Balaban J connectivity index is 0.918. The second-order valence-corrected chi connectivity index (χ2v) is 29.4. The van der Waals surface area contributed by atoms with Crippen LogP contribution in [0.25, 0.3) is 55.8 Å². The number of benzene rings is 12. The van der Waals surface area contributed by atoms with Crippen molar-refractivity contribution in [1.82, 2.24) is 0 Å². The van der Waals surface area contributed by atoms with Crippen molar-refractivity contribution in [2.45, 2.75) is 78.1 Å². The second kappa shape index (κ2) is 21.7. The van der Waals surface area contributed by atoms with Crippen LogP contribution in [0.15, 0.2) is 237 Å². The van der Waals surface area contributed by atoms with Crippen LogP contribution in [0, 0.1) is 0 Å². The lowest BCUT2D eigenvalue weighted by Crippen LogP contribution is -2.61. The minimum atomic E-state index is -0.260. The van der Waals surface area contributed by atoms with Crippen LogP contribution in [0.4, 0.5) is 51.2 Å². The summed E-state index contributed by atoms with van der Waals surface area (Å²) in [5.41, 5.74) is 30.2. The SMILES string of the molecule is CC(C)(C)c1ccc(-c2cccc(N3c4cc(-c5ccc(C(C)(C)C)cc5)ccc4B4c5cc6c(cc5N(c5ccc7c(c5)OCCO7)c5cc(N(c7ccc8c(c7)C(C)(C)c7ccccc7-8)c7ccc8cc(C9=Cc%10ccccc%10C9)ccc8c7)cc3c54)OCCO6)c2)cc1. The summed E-state index contributed by atoms with van der Waals surface area (Å²) in [7, 11) is 0. The number of rotatable bonds is 8. The normalized spacial score (nSPS) is 15.1. The first kappa shape index (κ1) is 57.9. The van der Waals surface area contributed by atoms with Gasteiger partial charge in [0, 0.05) is 57.4 Å². The van der Waals surface area contributed by atoms with Gasteiger partial charge in [0.15, 0.2) is 23.0 Å². The van der Waals surface area contributed by atoms with Gasteiger partial charge in [-0.25, -0.2) is 0 Å². The first-order chi connectivity index (χ1) is 46.6. The van der Waals surface area contributed by atoms with Gasteiger partial charge in [0.1, 0.15) is 26.4 Å². The Hall–Kier alpha value is -10.7. The zero-order valence-corrected chi connectivity index (χ0v) is 55.7. The molecule has 0 N–H and O–H groups in total. The van der Waals surface area contributed by atoms with E-state index in [0.29, 0.717) is 32.2 Å². The van der Waals surface area contributed by atoms with Crippen LogP contribution >= 0.6 is 0 Å². The average Bonchev–Trinajstić information content (AvgIpc) is 1.51. The molecule has 96 heavy (non-hydrogen) atoms. The van der Waals surface area contributed by atoms with E-state index in [4.69, 9.17) is 18.9 Å². The van der Waals surface area contributed by atoms with E-state index in [1.54, 1.807) is 0 Å². The van der Waals surface area contributed by atoms with E-state index in [0.717, 1.165) is 108 Å². The molecule has 2 aliphatic carbocycles. The summed E-state index contributed by atoms with van der Waals surface area (Å²) >= 11 is 0. The van der Waals surface area contributed by atoms with Gasteiger partial charge in [-0.05, 0) is 201 Å². The quantitative estimate of drug-likeness (QED) is 0.141. The van der Waals surface area contributed by atoms with Crippen molar-refractivity contribution in [3.8, 4) is 56.4 Å². The van der Waals surface area contributed by atoms with Gasteiger partial charge in [-0.15, -0.1) is 0 Å². The number of allylic oxidation sites excluding steroid dienone is 1. The van der Waals surface area contributed by atoms with Crippen LogP contribution in [0.5, 0.6) is 23.0 Å². The fraction of sp³-hybridized carbons (Fsp3) is 0.182. The molecule has 4 heterocycles. The summed E-state index contributed by atoms with van der Waals surface area (Å²) < 4.78 is 25.9. The molecule has 12 aromatic rings. The van der Waals surface area contributed by atoms with Crippen LogP contribution in [0.3, 0.4) is 0 Å². The number of hydrogen-bond acceptors (Lipinski definition) is 7. The topological polar surface area (TPSA) is 46.6 Å². The van der Waals surface area contributed by atoms with Crippen LogP contribution < -0.4 is 50.0 Å². The van der Waals surface area contributed by atoms with Gasteiger partial charge < -0.3 is 33.6 Å². The maximum Gasteiger partial charge on any atom is 0.252 e. The van der Waals surface area contributed by atoms with Crippen LogP contribution in [-0.4, -0.2) is 33.1 Å². The summed E-state index contributed by atoms with van der Waals surface area (Å²) in [5, 5.41) is 2.35. The minimum Gasteiger partial charge on any atom is -0.486 e. The number of hydrogen-bond donors (Lipinski definition) is 0. The Bertz CT molecular complexity index is 5240. The summed E-state index contributed by atoms with van der Waals surface area (Å²) in [5.74, 6) is 2.91. The van der Waals surface area contributed by atoms with Crippen LogP contribution in [0.2, 0.25) is 0 Å². The molecular formula is C88H74BN3O4. The van der Waals surface area contributed by atoms with Gasteiger partial charge in [-0.2, -0.15) is 0 Å². The smallest absolute Gasteiger partial charge is 0.252 e. The molecule has 0 spiro atoms. The van der Waals surface area contributed by atoms with E-state index in [9.17, 15) is 0 Å². The predicted octanol–water partition coefficient (Wildman–Crippen LogP) is 20.3. The lowest BCUT2D eigenvalue weighted by molar-refractivity contribution is 0.171. The summed E-state index contributed by atoms with van der Waals surface area (Å²) in [6, 6.07) is 89.6. The molecule has 0 unspecified atom stereocenters. The van der Waals surface area contributed by atoms with Crippen molar-refractivity contribution >= 4 is 96.7 Å². The van der Waals surface area contributed by atoms with E-state index in [2.05, 4.69) is 313 Å². The van der Waals surface area contributed by atoms with Crippen molar-refractivity contribution < 1.29 is 18.9 Å². The van der Waals surface area contributed by atoms with Gasteiger partial charge in [0.25, 0.3) is 6.71 Å². The number of fused-ring (bicyclic) bond motifs is 11. The second-order valence-electron chi connectivity index (χ2n) is 29.4. The van der Waals surface area contributed by atoms with E-state index in [-0.39, 0.29) is 23.0 Å². The molecule has 0 atom stereocenters. The van der Waals surface area contributed by atoms with Crippen molar-refractivity contribution in [2.75, 3.05) is 41.1 Å². The van der Waals surface area contributed by atoms with Crippen molar-refractivity contribution in [1.29, 1.82) is 0 Å².